The van der Waals surface area contributed by atoms with Gasteiger partial charge in [-0.15, -0.1) is 0 Å². The first-order valence-corrected chi connectivity index (χ1v) is 11.2. The van der Waals surface area contributed by atoms with Crippen LogP contribution in [0, 0.1) is 6.92 Å². The monoisotopic (exact) mass is 488 g/mol. The second-order valence-electron chi connectivity index (χ2n) is 7.23. The second-order valence-corrected chi connectivity index (χ2v) is 9.79. The van der Waals surface area contributed by atoms with Gasteiger partial charge in [-0.2, -0.15) is 13.2 Å². The van der Waals surface area contributed by atoms with E-state index in [4.69, 9.17) is 11.6 Å². The first-order chi connectivity index (χ1) is 14.8. The smallest absolute Gasteiger partial charge is 0.326 e. The van der Waals surface area contributed by atoms with E-state index in [0.29, 0.717) is 16.3 Å². The van der Waals surface area contributed by atoms with E-state index in [-0.39, 0.29) is 28.9 Å². The first kappa shape index (κ1) is 24.0. The number of hydrogen-bond acceptors (Lipinski definition) is 4. The van der Waals surface area contributed by atoms with Crippen molar-refractivity contribution in [3.05, 3.63) is 52.8 Å². The van der Waals surface area contributed by atoms with Crippen LogP contribution in [0.15, 0.2) is 41.3 Å². The quantitative estimate of drug-likeness (QED) is 0.561. The molecule has 12 heteroatoms. The van der Waals surface area contributed by atoms with Gasteiger partial charge in [0.1, 0.15) is 0 Å². The molecule has 1 aromatic heterocycles. The number of anilines is 1. The van der Waals surface area contributed by atoms with E-state index >= 15 is 0 Å². The number of sulfonamides is 1. The summed E-state index contributed by atoms with van der Waals surface area (Å²) in [6, 6.07) is 8.50. The van der Waals surface area contributed by atoms with E-state index in [1.807, 2.05) is 0 Å². The molecule has 172 valence electrons. The zero-order valence-corrected chi connectivity index (χ0v) is 18.9. The summed E-state index contributed by atoms with van der Waals surface area (Å²) in [7, 11) is -1.21. The maximum Gasteiger partial charge on any atom is 0.449 e. The summed E-state index contributed by atoms with van der Waals surface area (Å²) >= 11 is 6.02. The van der Waals surface area contributed by atoms with Crippen LogP contribution in [0.25, 0.3) is 11.0 Å². The van der Waals surface area contributed by atoms with Crippen molar-refractivity contribution < 1.29 is 26.4 Å². The molecule has 32 heavy (non-hydrogen) atoms. The number of imidazole rings is 1. The Labute approximate surface area is 187 Å². The Hall–Kier alpha value is -2.63. The molecular formula is C20H20ClF3N4O3S. The number of alkyl halides is 3. The van der Waals surface area contributed by atoms with E-state index in [9.17, 15) is 26.4 Å². The summed E-state index contributed by atoms with van der Waals surface area (Å²) in [5, 5.41) is 3.09. The molecule has 2 aromatic carbocycles. The number of aryl methyl sites for hydroxylation is 1. The Morgan fingerprint density at radius 3 is 2.53 bits per heavy atom. The Morgan fingerprint density at radius 1 is 1.22 bits per heavy atom. The number of nitrogens with one attached hydrogen (secondary N) is 1. The van der Waals surface area contributed by atoms with Gasteiger partial charge >= 0.3 is 6.18 Å². The van der Waals surface area contributed by atoms with E-state index in [1.165, 1.54) is 26.2 Å². The third kappa shape index (κ3) is 4.74. The molecular weight excluding hydrogens is 469 g/mol. The van der Waals surface area contributed by atoms with Gasteiger partial charge < -0.3 is 9.88 Å². The van der Waals surface area contributed by atoms with Crippen LogP contribution in [0.1, 0.15) is 17.8 Å². The van der Waals surface area contributed by atoms with E-state index < -0.39 is 27.9 Å². The molecule has 0 atom stereocenters. The van der Waals surface area contributed by atoms with Gasteiger partial charge in [-0.3, -0.25) is 4.79 Å². The highest BCUT2D eigenvalue weighted by Crippen LogP contribution is 2.33. The minimum atomic E-state index is -4.79. The Bertz CT molecular complexity index is 1290. The summed E-state index contributed by atoms with van der Waals surface area (Å²) in [4.78, 5) is 15.8. The number of rotatable bonds is 6. The van der Waals surface area contributed by atoms with Gasteiger partial charge in [0.2, 0.25) is 21.8 Å². The van der Waals surface area contributed by atoms with Crippen LogP contribution in [0.2, 0.25) is 5.02 Å². The van der Waals surface area contributed by atoms with Crippen LogP contribution < -0.4 is 5.32 Å². The number of halogens is 4. The van der Waals surface area contributed by atoms with Gasteiger partial charge in [-0.1, -0.05) is 17.7 Å². The lowest BCUT2D eigenvalue weighted by Crippen LogP contribution is -2.22. The van der Waals surface area contributed by atoms with Gasteiger partial charge in [0, 0.05) is 37.8 Å². The average molecular weight is 489 g/mol. The Morgan fingerprint density at radius 2 is 1.91 bits per heavy atom. The maximum absolute atomic E-state index is 13.6. The predicted molar refractivity (Wildman–Crippen MR) is 115 cm³/mol. The van der Waals surface area contributed by atoms with Crippen LogP contribution in [0.3, 0.4) is 0 Å². The lowest BCUT2D eigenvalue weighted by molar-refractivity contribution is -0.147. The topological polar surface area (TPSA) is 84.3 Å². The van der Waals surface area contributed by atoms with Crippen molar-refractivity contribution in [2.75, 3.05) is 19.4 Å². The number of amides is 1. The molecule has 1 N–H and O–H groups in total. The number of nitrogens with zero attached hydrogens (tertiary/aromatic N) is 3. The molecule has 1 amide bonds. The number of aromatic nitrogens is 2. The van der Waals surface area contributed by atoms with Crippen molar-refractivity contribution in [2.24, 2.45) is 0 Å². The highest BCUT2D eigenvalue weighted by Gasteiger charge is 2.38. The van der Waals surface area contributed by atoms with Gasteiger partial charge in [-0.25, -0.2) is 17.7 Å². The molecule has 1 heterocycles. The fraction of sp³-hybridized carbons (Fsp3) is 0.300. The summed E-state index contributed by atoms with van der Waals surface area (Å²) in [5.74, 6) is -1.71. The minimum absolute atomic E-state index is 0.0711. The molecule has 0 saturated heterocycles. The van der Waals surface area contributed by atoms with Gasteiger partial charge in [0.05, 0.1) is 15.9 Å². The zero-order valence-electron chi connectivity index (χ0n) is 17.4. The van der Waals surface area contributed by atoms with Gasteiger partial charge in [0.15, 0.2) is 0 Å². The van der Waals surface area contributed by atoms with Crippen LogP contribution in [-0.4, -0.2) is 42.3 Å². The van der Waals surface area contributed by atoms with Crippen LogP contribution in [-0.2, 0) is 27.5 Å². The van der Waals surface area contributed by atoms with E-state index in [2.05, 4.69) is 10.3 Å². The molecule has 0 fully saturated rings. The molecule has 0 aliphatic heterocycles. The third-order valence-corrected chi connectivity index (χ3v) is 7.08. The zero-order chi connectivity index (χ0) is 23.8. The maximum atomic E-state index is 13.6. The summed E-state index contributed by atoms with van der Waals surface area (Å²) < 4.78 is 67.2. The number of benzene rings is 2. The molecule has 0 radical (unpaired) electrons. The summed E-state index contributed by atoms with van der Waals surface area (Å²) in [6.07, 6.45) is -5.06. The van der Waals surface area contributed by atoms with Crippen molar-refractivity contribution in [3.8, 4) is 0 Å². The van der Waals surface area contributed by atoms with Crippen molar-refractivity contribution >= 4 is 44.3 Å². The molecule has 0 spiro atoms. The molecule has 7 nitrogen and oxygen atoms in total. The Kier molecular flexibility index (Phi) is 6.55. The number of carbonyl (C=O) groups excluding carboxylic acids is 1. The molecule has 0 aliphatic rings. The molecule has 3 aromatic rings. The van der Waals surface area contributed by atoms with E-state index in [0.717, 1.165) is 14.9 Å². The lowest BCUT2D eigenvalue weighted by atomic mass is 10.2. The Balaban J connectivity index is 1.92. The predicted octanol–water partition coefficient (Wildman–Crippen LogP) is 4.30. The third-order valence-electron chi connectivity index (χ3n) is 4.86. The first-order valence-electron chi connectivity index (χ1n) is 9.37. The SMILES string of the molecule is Cc1c(Cl)cccc1NC(=O)CCn1c(C(F)(F)F)nc2cc(S(=O)(=O)N(C)C)ccc21. The summed E-state index contributed by atoms with van der Waals surface area (Å²) in [6.45, 7) is 1.40. The second kappa shape index (κ2) is 8.72. The van der Waals surface area contributed by atoms with Crippen LogP contribution in [0.5, 0.6) is 0 Å². The molecule has 0 aliphatic carbocycles. The molecule has 0 saturated carbocycles. The average Bonchev–Trinajstić information content (AvgIpc) is 3.08. The largest absolute Gasteiger partial charge is 0.449 e. The number of carbonyl (C=O) groups is 1. The number of fused-ring (bicyclic) bond motifs is 1. The highest BCUT2D eigenvalue weighted by molar-refractivity contribution is 7.89. The number of hydrogen-bond donors (Lipinski definition) is 1. The van der Waals surface area contributed by atoms with Crippen molar-refractivity contribution in [3.63, 3.8) is 0 Å². The van der Waals surface area contributed by atoms with Crippen molar-refractivity contribution in [1.82, 2.24) is 13.9 Å². The van der Waals surface area contributed by atoms with Crippen molar-refractivity contribution in [1.29, 1.82) is 0 Å². The van der Waals surface area contributed by atoms with Crippen LogP contribution in [0.4, 0.5) is 18.9 Å². The van der Waals surface area contributed by atoms with Crippen molar-refractivity contribution in [2.45, 2.75) is 31.0 Å². The molecule has 3 rings (SSSR count). The van der Waals surface area contributed by atoms with Gasteiger partial charge in [-0.05, 0) is 42.8 Å². The fourth-order valence-electron chi connectivity index (χ4n) is 3.09. The fourth-order valence-corrected chi connectivity index (χ4v) is 4.19. The normalized spacial score (nSPS) is 12.5. The van der Waals surface area contributed by atoms with Gasteiger partial charge in [0.25, 0.3) is 0 Å². The summed E-state index contributed by atoms with van der Waals surface area (Å²) in [5.41, 5.74) is 1.04. The van der Waals surface area contributed by atoms with E-state index in [1.54, 1.807) is 25.1 Å². The highest BCUT2D eigenvalue weighted by atomic mass is 35.5. The minimum Gasteiger partial charge on any atom is -0.326 e. The molecule has 0 unspecified atom stereocenters. The molecule has 0 bridgehead atoms. The van der Waals surface area contributed by atoms with Crippen LogP contribution >= 0.6 is 11.6 Å². The standard InChI is InChI=1S/C20H20ClF3N4O3S/c1-12-14(21)5-4-6-15(12)25-18(29)9-10-28-17-8-7-13(32(30,31)27(2)3)11-16(17)26-19(28)20(22,23)24/h4-8,11H,9-10H2,1-3H3,(H,25,29). The lowest BCUT2D eigenvalue weighted by Gasteiger charge is -2.13.